The monoisotopic (exact) mass is 425 g/mol. The van der Waals surface area contributed by atoms with E-state index in [-0.39, 0.29) is 12.5 Å². The number of carbonyl (C=O) groups is 2. The molecule has 0 atom stereocenters. The Hall–Kier alpha value is -3.68. The summed E-state index contributed by atoms with van der Waals surface area (Å²) in [7, 11) is 1.48. The Labute approximate surface area is 180 Å². The Bertz CT molecular complexity index is 1010. The number of rotatable bonds is 6. The molecule has 1 aromatic rings. The fourth-order valence-electron chi connectivity index (χ4n) is 3.34. The molecule has 3 rings (SSSR count). The van der Waals surface area contributed by atoms with Crippen LogP contribution < -0.4 is 5.32 Å². The van der Waals surface area contributed by atoms with Crippen molar-refractivity contribution in [3.63, 3.8) is 0 Å². The van der Waals surface area contributed by atoms with Crippen molar-refractivity contribution >= 4 is 23.9 Å². The van der Waals surface area contributed by atoms with Crippen molar-refractivity contribution < 1.29 is 23.5 Å². The molecule has 2 aliphatic rings. The number of cyclic esters (lactones) is 1. The summed E-state index contributed by atoms with van der Waals surface area (Å²) in [6.07, 6.45) is 8.64. The maximum atomic E-state index is 13.4. The minimum Gasteiger partial charge on any atom is -0.497 e. The number of fused-ring (bicyclic) bond motifs is 1. The van der Waals surface area contributed by atoms with Crippen molar-refractivity contribution in [2.24, 2.45) is 0 Å². The molecule has 2 amide bonds. The summed E-state index contributed by atoms with van der Waals surface area (Å²) >= 11 is 0. The zero-order valence-corrected chi connectivity index (χ0v) is 17.3. The number of amides is 2. The molecule has 3 heterocycles. The topological polar surface area (TPSA) is 80.8 Å². The first-order chi connectivity index (χ1) is 14.9. The maximum absolute atomic E-state index is 13.4. The van der Waals surface area contributed by atoms with Gasteiger partial charge in [0.25, 0.3) is 0 Å². The lowest BCUT2D eigenvalue weighted by molar-refractivity contribution is -0.125. The summed E-state index contributed by atoms with van der Waals surface area (Å²) in [6, 6.07) is 1.81. The number of methoxy groups -OCH3 is 1. The lowest BCUT2D eigenvalue weighted by atomic mass is 10.00. The van der Waals surface area contributed by atoms with Crippen molar-refractivity contribution in [2.75, 3.05) is 25.5 Å². The molecule has 0 fully saturated rings. The molecule has 1 N–H and O–H groups in total. The quantitative estimate of drug-likeness (QED) is 0.418. The van der Waals surface area contributed by atoms with Crippen LogP contribution in [0.5, 0.6) is 0 Å². The van der Waals surface area contributed by atoms with E-state index in [0.717, 1.165) is 16.7 Å². The number of pyridine rings is 1. The number of aromatic nitrogens is 1. The molecule has 0 bridgehead atoms. The van der Waals surface area contributed by atoms with Gasteiger partial charge >= 0.3 is 6.09 Å². The highest BCUT2D eigenvalue weighted by Crippen LogP contribution is 2.26. The second kappa shape index (κ2) is 9.88. The Morgan fingerprint density at radius 2 is 2.19 bits per heavy atom. The van der Waals surface area contributed by atoms with Crippen LogP contribution in [-0.4, -0.2) is 42.1 Å². The fraction of sp³-hybridized carbons (Fsp3) is 0.261. The standard InChI is InChI=1S/C23H24FN3O4/c1-15(24)11-20(16(2)30-3)18-5-4-9-27(10-8-18)21(28)7-6-17-12-19-14-31-23(29)26-22(19)25-13-17/h5-7,11-13H,1-2,4,8-10,14H2,3H3,(H,25,26,29)/b7-6+,20-11+. The SMILES string of the molecule is C=C(F)/C=C(\C(=C)OC)C1=CCCN(C(=O)/C=C/c2cnc3c(c2)COC(=O)N3)CC1. The Morgan fingerprint density at radius 1 is 1.39 bits per heavy atom. The maximum Gasteiger partial charge on any atom is 0.413 e. The van der Waals surface area contributed by atoms with Gasteiger partial charge in [0.1, 0.15) is 24.0 Å². The van der Waals surface area contributed by atoms with E-state index in [9.17, 15) is 14.0 Å². The van der Waals surface area contributed by atoms with Gasteiger partial charge in [-0.3, -0.25) is 10.1 Å². The van der Waals surface area contributed by atoms with Crippen LogP contribution in [0.4, 0.5) is 15.0 Å². The molecule has 162 valence electrons. The van der Waals surface area contributed by atoms with Gasteiger partial charge in [0.15, 0.2) is 0 Å². The lowest BCUT2D eigenvalue weighted by Gasteiger charge is -2.19. The van der Waals surface area contributed by atoms with Crippen LogP contribution in [0.3, 0.4) is 0 Å². The van der Waals surface area contributed by atoms with E-state index in [1.165, 1.54) is 19.3 Å². The molecule has 0 aromatic carbocycles. The predicted molar refractivity (Wildman–Crippen MR) is 115 cm³/mol. The van der Waals surface area contributed by atoms with Crippen molar-refractivity contribution in [2.45, 2.75) is 19.4 Å². The molecule has 0 spiro atoms. The molecule has 0 unspecified atom stereocenters. The third-order valence-corrected chi connectivity index (χ3v) is 4.93. The van der Waals surface area contributed by atoms with Crippen molar-refractivity contribution in [1.29, 1.82) is 0 Å². The molecular formula is C23H24FN3O4. The van der Waals surface area contributed by atoms with Gasteiger partial charge in [-0.2, -0.15) is 0 Å². The van der Waals surface area contributed by atoms with E-state index in [0.29, 0.717) is 43.1 Å². The Kier molecular flexibility index (Phi) is 7.02. The zero-order valence-electron chi connectivity index (χ0n) is 17.3. The first-order valence-electron chi connectivity index (χ1n) is 9.76. The summed E-state index contributed by atoms with van der Waals surface area (Å²) < 4.78 is 23.5. The highest BCUT2D eigenvalue weighted by Gasteiger charge is 2.19. The van der Waals surface area contributed by atoms with Gasteiger partial charge in [-0.05, 0) is 42.2 Å². The molecule has 0 aliphatic carbocycles. The van der Waals surface area contributed by atoms with Gasteiger partial charge in [0.05, 0.1) is 7.11 Å². The number of ether oxygens (including phenoxy) is 2. The number of nitrogens with zero attached hydrogens (tertiary/aromatic N) is 2. The molecule has 8 heteroatoms. The normalized spacial score (nSPS) is 16.6. The van der Waals surface area contributed by atoms with Crippen molar-refractivity contribution in [3.8, 4) is 0 Å². The van der Waals surface area contributed by atoms with Gasteiger partial charge in [0, 0.05) is 36.5 Å². The number of hydrogen-bond acceptors (Lipinski definition) is 5. The second-order valence-corrected chi connectivity index (χ2v) is 7.04. The fourth-order valence-corrected chi connectivity index (χ4v) is 3.34. The highest BCUT2D eigenvalue weighted by atomic mass is 19.1. The van der Waals surface area contributed by atoms with Gasteiger partial charge in [-0.15, -0.1) is 0 Å². The molecule has 1 aromatic heterocycles. The van der Waals surface area contributed by atoms with E-state index in [4.69, 9.17) is 9.47 Å². The van der Waals surface area contributed by atoms with Crippen LogP contribution in [0.25, 0.3) is 6.08 Å². The van der Waals surface area contributed by atoms with Crippen LogP contribution in [0.15, 0.2) is 66.4 Å². The van der Waals surface area contributed by atoms with E-state index in [1.54, 1.807) is 17.2 Å². The third-order valence-electron chi connectivity index (χ3n) is 4.93. The number of anilines is 1. The van der Waals surface area contributed by atoms with Crippen LogP contribution in [0.2, 0.25) is 0 Å². The number of hydrogen-bond donors (Lipinski definition) is 1. The third kappa shape index (κ3) is 5.69. The van der Waals surface area contributed by atoms with Crippen LogP contribution in [-0.2, 0) is 20.9 Å². The highest BCUT2D eigenvalue weighted by molar-refractivity contribution is 5.92. The summed E-state index contributed by atoms with van der Waals surface area (Å²) in [5, 5.41) is 2.52. The largest absolute Gasteiger partial charge is 0.497 e. The van der Waals surface area contributed by atoms with Gasteiger partial charge in [-0.25, -0.2) is 14.2 Å². The Balaban J connectivity index is 1.65. The van der Waals surface area contributed by atoms with E-state index >= 15 is 0 Å². The molecule has 2 aliphatic heterocycles. The van der Waals surface area contributed by atoms with Crippen molar-refractivity contribution in [1.82, 2.24) is 9.88 Å². The molecular weight excluding hydrogens is 401 g/mol. The first kappa shape index (κ1) is 22.0. The predicted octanol–water partition coefficient (Wildman–Crippen LogP) is 4.28. The molecule has 7 nitrogen and oxygen atoms in total. The zero-order chi connectivity index (χ0) is 22.4. The summed E-state index contributed by atoms with van der Waals surface area (Å²) in [5.41, 5.74) is 2.88. The lowest BCUT2D eigenvalue weighted by Crippen LogP contribution is -2.30. The molecule has 0 saturated carbocycles. The van der Waals surface area contributed by atoms with E-state index in [1.807, 2.05) is 12.1 Å². The number of allylic oxidation sites excluding steroid dienone is 3. The number of nitrogens with one attached hydrogen (secondary N) is 1. The Morgan fingerprint density at radius 3 is 2.94 bits per heavy atom. The van der Waals surface area contributed by atoms with Gasteiger partial charge in [-0.1, -0.05) is 19.2 Å². The second-order valence-electron chi connectivity index (χ2n) is 7.04. The van der Waals surface area contributed by atoms with E-state index < -0.39 is 11.9 Å². The van der Waals surface area contributed by atoms with Crippen molar-refractivity contribution in [3.05, 3.63) is 77.5 Å². The van der Waals surface area contributed by atoms with Crippen LogP contribution in [0.1, 0.15) is 24.0 Å². The van der Waals surface area contributed by atoms with Crippen LogP contribution >= 0.6 is 0 Å². The minimum atomic E-state index is -0.585. The number of halogens is 1. The summed E-state index contributed by atoms with van der Waals surface area (Å²) in [4.78, 5) is 29.8. The average Bonchev–Trinajstić information content (AvgIpc) is 3.01. The first-order valence-corrected chi connectivity index (χ1v) is 9.76. The smallest absolute Gasteiger partial charge is 0.413 e. The minimum absolute atomic E-state index is 0.136. The summed E-state index contributed by atoms with van der Waals surface area (Å²) in [5.74, 6) is 0.0916. The average molecular weight is 425 g/mol. The molecule has 0 radical (unpaired) electrons. The van der Waals surface area contributed by atoms with Gasteiger partial charge < -0.3 is 14.4 Å². The van der Waals surface area contributed by atoms with E-state index in [2.05, 4.69) is 23.5 Å². The summed E-state index contributed by atoms with van der Waals surface area (Å²) in [6.45, 7) is 8.25. The van der Waals surface area contributed by atoms with Crippen LogP contribution in [0, 0.1) is 0 Å². The van der Waals surface area contributed by atoms with Gasteiger partial charge in [0.2, 0.25) is 5.91 Å². The molecule has 0 saturated heterocycles. The number of carbonyl (C=O) groups excluding carboxylic acids is 2. The molecule has 31 heavy (non-hydrogen) atoms.